The SMILES string of the molecule is COc1ccccc1CCNCc1ccc(C)o1. The summed E-state index contributed by atoms with van der Waals surface area (Å²) in [6.45, 7) is 3.63. The molecule has 1 N–H and O–H groups in total. The molecular weight excluding hydrogens is 226 g/mol. The van der Waals surface area contributed by atoms with Crippen molar-refractivity contribution >= 4 is 0 Å². The Labute approximate surface area is 108 Å². The normalized spacial score (nSPS) is 10.6. The van der Waals surface area contributed by atoms with E-state index in [4.69, 9.17) is 9.15 Å². The van der Waals surface area contributed by atoms with Gasteiger partial charge in [-0.25, -0.2) is 0 Å². The monoisotopic (exact) mass is 245 g/mol. The third-order valence-electron chi connectivity index (χ3n) is 2.86. The summed E-state index contributed by atoms with van der Waals surface area (Å²) < 4.78 is 10.8. The lowest BCUT2D eigenvalue weighted by Crippen LogP contribution is -2.16. The summed E-state index contributed by atoms with van der Waals surface area (Å²) in [5.74, 6) is 2.89. The fourth-order valence-corrected chi connectivity index (χ4v) is 1.92. The van der Waals surface area contributed by atoms with Crippen LogP contribution in [0.2, 0.25) is 0 Å². The van der Waals surface area contributed by atoms with Gasteiger partial charge in [0.05, 0.1) is 13.7 Å². The third-order valence-corrected chi connectivity index (χ3v) is 2.86. The van der Waals surface area contributed by atoms with E-state index in [1.54, 1.807) is 7.11 Å². The molecule has 18 heavy (non-hydrogen) atoms. The molecule has 96 valence electrons. The minimum atomic E-state index is 0.767. The summed E-state index contributed by atoms with van der Waals surface area (Å²) in [6, 6.07) is 12.1. The topological polar surface area (TPSA) is 34.4 Å². The molecule has 2 rings (SSSR count). The molecule has 2 aromatic rings. The van der Waals surface area contributed by atoms with Crippen LogP contribution < -0.4 is 10.1 Å². The minimum absolute atomic E-state index is 0.767. The second-order valence-electron chi connectivity index (χ2n) is 4.25. The first-order chi connectivity index (χ1) is 8.79. The molecule has 0 unspecified atom stereocenters. The number of hydrogen-bond acceptors (Lipinski definition) is 3. The summed E-state index contributed by atoms with van der Waals surface area (Å²) in [7, 11) is 1.71. The first-order valence-corrected chi connectivity index (χ1v) is 6.17. The summed E-state index contributed by atoms with van der Waals surface area (Å²) in [5, 5.41) is 3.37. The number of rotatable bonds is 6. The zero-order chi connectivity index (χ0) is 12.8. The van der Waals surface area contributed by atoms with E-state index in [0.29, 0.717) is 0 Å². The third kappa shape index (κ3) is 3.37. The zero-order valence-corrected chi connectivity index (χ0v) is 10.9. The largest absolute Gasteiger partial charge is 0.496 e. The van der Waals surface area contributed by atoms with Gasteiger partial charge in [0, 0.05) is 0 Å². The van der Waals surface area contributed by atoms with Crippen LogP contribution in [0.1, 0.15) is 17.1 Å². The highest BCUT2D eigenvalue weighted by molar-refractivity contribution is 5.33. The van der Waals surface area contributed by atoms with Gasteiger partial charge in [-0.3, -0.25) is 0 Å². The van der Waals surface area contributed by atoms with Crippen molar-refractivity contribution in [3.05, 3.63) is 53.5 Å². The van der Waals surface area contributed by atoms with Crippen molar-refractivity contribution in [2.45, 2.75) is 19.9 Å². The van der Waals surface area contributed by atoms with Gasteiger partial charge in [0.15, 0.2) is 0 Å². The number of nitrogens with one attached hydrogen (secondary N) is 1. The molecule has 3 heteroatoms. The van der Waals surface area contributed by atoms with Crippen LogP contribution in [0.25, 0.3) is 0 Å². The van der Waals surface area contributed by atoms with Gasteiger partial charge in [-0.2, -0.15) is 0 Å². The van der Waals surface area contributed by atoms with Crippen LogP contribution in [0.15, 0.2) is 40.8 Å². The number of para-hydroxylation sites is 1. The van der Waals surface area contributed by atoms with Gasteiger partial charge in [0.1, 0.15) is 17.3 Å². The van der Waals surface area contributed by atoms with E-state index in [9.17, 15) is 0 Å². The molecule has 0 amide bonds. The molecule has 0 spiro atoms. The van der Waals surface area contributed by atoms with Crippen LogP contribution in [-0.2, 0) is 13.0 Å². The summed E-state index contributed by atoms with van der Waals surface area (Å²) in [5.41, 5.74) is 1.23. The van der Waals surface area contributed by atoms with Crippen LogP contribution >= 0.6 is 0 Å². The standard InChI is InChI=1S/C15H19NO2/c1-12-7-8-14(18-12)11-16-10-9-13-5-3-4-6-15(13)17-2/h3-8,16H,9-11H2,1-2H3. The van der Waals surface area contributed by atoms with Crippen molar-refractivity contribution in [3.63, 3.8) is 0 Å². The van der Waals surface area contributed by atoms with E-state index in [1.807, 2.05) is 37.3 Å². The van der Waals surface area contributed by atoms with E-state index >= 15 is 0 Å². The average Bonchev–Trinajstić information content (AvgIpc) is 2.81. The number of aryl methyl sites for hydroxylation is 1. The Morgan fingerprint density at radius 3 is 2.72 bits per heavy atom. The molecule has 0 radical (unpaired) electrons. The van der Waals surface area contributed by atoms with Crippen molar-refractivity contribution in [1.29, 1.82) is 0 Å². The van der Waals surface area contributed by atoms with Crippen molar-refractivity contribution in [1.82, 2.24) is 5.32 Å². The highest BCUT2D eigenvalue weighted by Crippen LogP contribution is 2.17. The van der Waals surface area contributed by atoms with E-state index in [2.05, 4.69) is 11.4 Å². The molecule has 0 fully saturated rings. The Balaban J connectivity index is 1.78. The Hall–Kier alpha value is -1.74. The first-order valence-electron chi connectivity index (χ1n) is 6.17. The van der Waals surface area contributed by atoms with Crippen LogP contribution in [0.5, 0.6) is 5.75 Å². The van der Waals surface area contributed by atoms with Gasteiger partial charge in [-0.15, -0.1) is 0 Å². The van der Waals surface area contributed by atoms with E-state index in [1.165, 1.54) is 5.56 Å². The zero-order valence-electron chi connectivity index (χ0n) is 10.9. The molecule has 3 nitrogen and oxygen atoms in total. The molecule has 0 aliphatic carbocycles. The lowest BCUT2D eigenvalue weighted by atomic mass is 10.1. The van der Waals surface area contributed by atoms with E-state index in [-0.39, 0.29) is 0 Å². The highest BCUT2D eigenvalue weighted by Gasteiger charge is 2.01. The number of methoxy groups -OCH3 is 1. The lowest BCUT2D eigenvalue weighted by Gasteiger charge is -2.08. The fraction of sp³-hybridized carbons (Fsp3) is 0.333. The maximum atomic E-state index is 5.49. The molecular formula is C15H19NO2. The second-order valence-corrected chi connectivity index (χ2v) is 4.25. The molecule has 0 saturated heterocycles. The Bertz CT molecular complexity index is 491. The summed E-state index contributed by atoms with van der Waals surface area (Å²) in [4.78, 5) is 0. The van der Waals surface area contributed by atoms with Crippen molar-refractivity contribution in [2.75, 3.05) is 13.7 Å². The highest BCUT2D eigenvalue weighted by atomic mass is 16.5. The molecule has 0 aliphatic heterocycles. The molecule has 1 aromatic carbocycles. The van der Waals surface area contributed by atoms with E-state index in [0.717, 1.165) is 36.8 Å². The Morgan fingerprint density at radius 2 is 2.00 bits per heavy atom. The average molecular weight is 245 g/mol. The fourth-order valence-electron chi connectivity index (χ4n) is 1.92. The molecule has 0 aliphatic rings. The molecule has 0 saturated carbocycles. The van der Waals surface area contributed by atoms with Crippen molar-refractivity contribution < 1.29 is 9.15 Å². The molecule has 1 heterocycles. The van der Waals surface area contributed by atoms with Crippen LogP contribution in [0.4, 0.5) is 0 Å². The number of furan rings is 1. The maximum Gasteiger partial charge on any atom is 0.122 e. The number of benzene rings is 1. The van der Waals surface area contributed by atoms with Crippen LogP contribution in [-0.4, -0.2) is 13.7 Å². The first kappa shape index (κ1) is 12.7. The van der Waals surface area contributed by atoms with Crippen LogP contribution in [0.3, 0.4) is 0 Å². The van der Waals surface area contributed by atoms with Gasteiger partial charge in [-0.1, -0.05) is 18.2 Å². The maximum absolute atomic E-state index is 5.49. The van der Waals surface area contributed by atoms with Crippen LogP contribution in [0, 0.1) is 6.92 Å². The Kier molecular flexibility index (Phi) is 4.42. The van der Waals surface area contributed by atoms with Crippen molar-refractivity contribution in [2.24, 2.45) is 0 Å². The summed E-state index contributed by atoms with van der Waals surface area (Å²) in [6.07, 6.45) is 0.948. The lowest BCUT2D eigenvalue weighted by molar-refractivity contribution is 0.408. The Morgan fingerprint density at radius 1 is 1.17 bits per heavy atom. The van der Waals surface area contributed by atoms with Gasteiger partial charge in [-0.05, 0) is 43.7 Å². The molecule has 0 bridgehead atoms. The summed E-state index contributed by atoms with van der Waals surface area (Å²) >= 11 is 0. The smallest absolute Gasteiger partial charge is 0.122 e. The van der Waals surface area contributed by atoms with Crippen molar-refractivity contribution in [3.8, 4) is 5.75 Å². The predicted molar refractivity (Wildman–Crippen MR) is 71.8 cm³/mol. The quantitative estimate of drug-likeness (QED) is 0.795. The second kappa shape index (κ2) is 6.26. The predicted octanol–water partition coefficient (Wildman–Crippen LogP) is 2.93. The van der Waals surface area contributed by atoms with Gasteiger partial charge in [0.25, 0.3) is 0 Å². The van der Waals surface area contributed by atoms with Gasteiger partial charge in [0.2, 0.25) is 0 Å². The van der Waals surface area contributed by atoms with E-state index < -0.39 is 0 Å². The molecule has 1 aromatic heterocycles. The number of ether oxygens (including phenoxy) is 1. The van der Waals surface area contributed by atoms with Gasteiger partial charge < -0.3 is 14.5 Å². The van der Waals surface area contributed by atoms with Gasteiger partial charge >= 0.3 is 0 Å². The minimum Gasteiger partial charge on any atom is -0.496 e. The molecule has 0 atom stereocenters. The number of hydrogen-bond donors (Lipinski definition) is 1.